The third kappa shape index (κ3) is 2.03. The monoisotopic (exact) mass is 275 g/mol. The minimum absolute atomic E-state index is 0.656. The van der Waals surface area contributed by atoms with Gasteiger partial charge in [-0.05, 0) is 35.4 Å². The SMILES string of the molecule is Cc1nc2c(-c3ccco3)cc(-c3ccccc3)cc2o1. The summed E-state index contributed by atoms with van der Waals surface area (Å²) in [6.45, 7) is 1.86. The maximum Gasteiger partial charge on any atom is 0.192 e. The third-order valence-corrected chi connectivity index (χ3v) is 3.50. The van der Waals surface area contributed by atoms with Crippen LogP contribution in [0.5, 0.6) is 0 Å². The molecule has 3 nitrogen and oxygen atoms in total. The van der Waals surface area contributed by atoms with Gasteiger partial charge >= 0.3 is 0 Å². The Kier molecular flexibility index (Phi) is 2.64. The summed E-state index contributed by atoms with van der Waals surface area (Å²) in [4.78, 5) is 4.48. The molecule has 0 aliphatic carbocycles. The Morgan fingerprint density at radius 3 is 2.52 bits per heavy atom. The summed E-state index contributed by atoms with van der Waals surface area (Å²) in [6.07, 6.45) is 1.67. The molecule has 0 atom stereocenters. The highest BCUT2D eigenvalue weighted by atomic mass is 16.3. The van der Waals surface area contributed by atoms with E-state index in [1.807, 2.05) is 43.3 Å². The summed E-state index contributed by atoms with van der Waals surface area (Å²) < 4.78 is 11.3. The summed E-state index contributed by atoms with van der Waals surface area (Å²) in [5.41, 5.74) is 4.79. The average molecular weight is 275 g/mol. The van der Waals surface area contributed by atoms with E-state index in [2.05, 4.69) is 23.2 Å². The quantitative estimate of drug-likeness (QED) is 0.513. The summed E-state index contributed by atoms with van der Waals surface area (Å²) in [7, 11) is 0. The molecule has 2 heterocycles. The summed E-state index contributed by atoms with van der Waals surface area (Å²) >= 11 is 0. The van der Waals surface area contributed by atoms with E-state index in [0.717, 1.165) is 33.6 Å². The molecule has 4 rings (SSSR count). The lowest BCUT2D eigenvalue weighted by atomic mass is 10.0. The van der Waals surface area contributed by atoms with E-state index in [4.69, 9.17) is 8.83 Å². The molecule has 21 heavy (non-hydrogen) atoms. The van der Waals surface area contributed by atoms with Gasteiger partial charge in [0.15, 0.2) is 11.5 Å². The molecule has 0 saturated heterocycles. The van der Waals surface area contributed by atoms with Crippen molar-refractivity contribution in [3.8, 4) is 22.5 Å². The molecule has 0 N–H and O–H groups in total. The number of oxazole rings is 1. The Bertz CT molecular complexity index is 890. The fourth-order valence-corrected chi connectivity index (χ4v) is 2.56. The Morgan fingerprint density at radius 2 is 1.76 bits per heavy atom. The first-order valence-corrected chi connectivity index (χ1v) is 6.82. The van der Waals surface area contributed by atoms with Gasteiger partial charge in [-0.25, -0.2) is 4.98 Å². The van der Waals surface area contributed by atoms with Crippen molar-refractivity contribution in [2.75, 3.05) is 0 Å². The molecule has 2 aromatic carbocycles. The maximum atomic E-state index is 5.72. The second-order valence-corrected chi connectivity index (χ2v) is 4.95. The molecular weight excluding hydrogens is 262 g/mol. The fourth-order valence-electron chi connectivity index (χ4n) is 2.56. The van der Waals surface area contributed by atoms with Crippen LogP contribution in [0.1, 0.15) is 5.89 Å². The topological polar surface area (TPSA) is 39.2 Å². The van der Waals surface area contributed by atoms with Gasteiger partial charge in [0.25, 0.3) is 0 Å². The molecule has 0 aliphatic heterocycles. The van der Waals surface area contributed by atoms with E-state index in [1.54, 1.807) is 6.26 Å². The average Bonchev–Trinajstić information content (AvgIpc) is 3.15. The van der Waals surface area contributed by atoms with E-state index in [9.17, 15) is 0 Å². The van der Waals surface area contributed by atoms with Crippen LogP contribution in [0.2, 0.25) is 0 Å². The zero-order valence-corrected chi connectivity index (χ0v) is 11.5. The van der Waals surface area contributed by atoms with Gasteiger partial charge in [0.05, 0.1) is 6.26 Å². The number of fused-ring (bicyclic) bond motifs is 1. The van der Waals surface area contributed by atoms with Crippen molar-refractivity contribution in [1.29, 1.82) is 0 Å². The van der Waals surface area contributed by atoms with Crippen molar-refractivity contribution in [2.45, 2.75) is 6.92 Å². The van der Waals surface area contributed by atoms with E-state index < -0.39 is 0 Å². The fraction of sp³-hybridized carbons (Fsp3) is 0.0556. The van der Waals surface area contributed by atoms with Crippen molar-refractivity contribution < 1.29 is 8.83 Å². The second-order valence-electron chi connectivity index (χ2n) is 4.95. The molecule has 4 aromatic rings. The minimum atomic E-state index is 0.656. The smallest absolute Gasteiger partial charge is 0.192 e. The van der Waals surface area contributed by atoms with Crippen LogP contribution in [-0.4, -0.2) is 4.98 Å². The summed E-state index contributed by atoms with van der Waals surface area (Å²) in [6, 6.07) is 18.2. The van der Waals surface area contributed by atoms with Crippen LogP contribution < -0.4 is 0 Å². The molecule has 0 fully saturated rings. The second kappa shape index (κ2) is 4.63. The van der Waals surface area contributed by atoms with Gasteiger partial charge in [0.2, 0.25) is 0 Å². The Labute approximate surface area is 121 Å². The first kappa shape index (κ1) is 12.0. The number of aryl methyl sites for hydroxylation is 1. The third-order valence-electron chi connectivity index (χ3n) is 3.50. The summed E-state index contributed by atoms with van der Waals surface area (Å²) in [5, 5.41) is 0. The van der Waals surface area contributed by atoms with E-state index in [0.29, 0.717) is 5.89 Å². The highest BCUT2D eigenvalue weighted by molar-refractivity contribution is 5.93. The molecule has 0 aliphatic rings. The van der Waals surface area contributed by atoms with Crippen LogP contribution in [-0.2, 0) is 0 Å². The number of aromatic nitrogens is 1. The number of furan rings is 1. The van der Waals surface area contributed by atoms with Crippen LogP contribution in [0.4, 0.5) is 0 Å². The molecule has 0 saturated carbocycles. The first-order valence-electron chi connectivity index (χ1n) is 6.82. The highest BCUT2D eigenvalue weighted by Crippen LogP contribution is 2.34. The van der Waals surface area contributed by atoms with Crippen molar-refractivity contribution in [3.05, 3.63) is 66.8 Å². The number of benzene rings is 2. The Morgan fingerprint density at radius 1 is 0.905 bits per heavy atom. The van der Waals surface area contributed by atoms with Crippen LogP contribution in [0.25, 0.3) is 33.6 Å². The summed E-state index contributed by atoms with van der Waals surface area (Å²) in [5.74, 6) is 1.45. The zero-order valence-electron chi connectivity index (χ0n) is 11.5. The van der Waals surface area contributed by atoms with E-state index >= 15 is 0 Å². The highest BCUT2D eigenvalue weighted by Gasteiger charge is 2.14. The largest absolute Gasteiger partial charge is 0.464 e. The number of hydrogen-bond acceptors (Lipinski definition) is 3. The molecule has 102 valence electrons. The lowest BCUT2D eigenvalue weighted by molar-refractivity contribution is 0.561. The van der Waals surface area contributed by atoms with Crippen LogP contribution in [0.3, 0.4) is 0 Å². The van der Waals surface area contributed by atoms with Gasteiger partial charge in [0, 0.05) is 12.5 Å². The van der Waals surface area contributed by atoms with Crippen LogP contribution in [0, 0.1) is 6.92 Å². The maximum absolute atomic E-state index is 5.72. The molecule has 0 bridgehead atoms. The minimum Gasteiger partial charge on any atom is -0.464 e. The molecular formula is C18H13NO2. The lowest BCUT2D eigenvalue weighted by Gasteiger charge is -2.04. The Balaban J connectivity index is 2.02. The van der Waals surface area contributed by atoms with Gasteiger partial charge in [-0.3, -0.25) is 0 Å². The number of nitrogens with zero attached hydrogens (tertiary/aromatic N) is 1. The zero-order chi connectivity index (χ0) is 14.2. The first-order chi connectivity index (χ1) is 10.3. The molecule has 3 heteroatoms. The molecule has 0 radical (unpaired) electrons. The standard InChI is InChI=1S/C18H13NO2/c1-12-19-18-15(16-8-5-9-20-16)10-14(11-17(18)21-12)13-6-3-2-4-7-13/h2-11H,1H3. The molecule has 0 unspecified atom stereocenters. The van der Waals surface area contributed by atoms with Gasteiger partial charge in [0.1, 0.15) is 11.3 Å². The Hall–Kier alpha value is -2.81. The van der Waals surface area contributed by atoms with Crippen LogP contribution in [0.15, 0.2) is 69.7 Å². The van der Waals surface area contributed by atoms with E-state index in [1.165, 1.54) is 0 Å². The van der Waals surface area contributed by atoms with Gasteiger partial charge in [-0.15, -0.1) is 0 Å². The molecule has 0 amide bonds. The number of hydrogen-bond donors (Lipinski definition) is 0. The van der Waals surface area contributed by atoms with Gasteiger partial charge in [-0.2, -0.15) is 0 Å². The lowest BCUT2D eigenvalue weighted by Crippen LogP contribution is -1.83. The van der Waals surface area contributed by atoms with Crippen molar-refractivity contribution in [1.82, 2.24) is 4.98 Å². The van der Waals surface area contributed by atoms with Gasteiger partial charge in [-0.1, -0.05) is 30.3 Å². The van der Waals surface area contributed by atoms with Crippen molar-refractivity contribution in [2.24, 2.45) is 0 Å². The molecule has 2 aromatic heterocycles. The van der Waals surface area contributed by atoms with Crippen molar-refractivity contribution in [3.63, 3.8) is 0 Å². The van der Waals surface area contributed by atoms with Gasteiger partial charge < -0.3 is 8.83 Å². The number of rotatable bonds is 2. The normalized spacial score (nSPS) is 11.1. The van der Waals surface area contributed by atoms with Crippen molar-refractivity contribution >= 4 is 11.1 Å². The predicted molar refractivity (Wildman–Crippen MR) is 81.9 cm³/mol. The predicted octanol–water partition coefficient (Wildman–Crippen LogP) is 5.06. The van der Waals surface area contributed by atoms with E-state index in [-0.39, 0.29) is 0 Å². The molecule has 0 spiro atoms. The van der Waals surface area contributed by atoms with Crippen LogP contribution >= 0.6 is 0 Å².